The first kappa shape index (κ1) is 22.3. The van der Waals surface area contributed by atoms with E-state index in [9.17, 15) is 5.11 Å². The Labute approximate surface area is 218 Å². The monoisotopic (exact) mass is 482 g/mol. The lowest BCUT2D eigenvalue weighted by molar-refractivity contribution is 0.214. The van der Waals surface area contributed by atoms with Gasteiger partial charge in [0.1, 0.15) is 11.6 Å². The van der Waals surface area contributed by atoms with E-state index in [1.54, 1.807) is 0 Å². The lowest BCUT2D eigenvalue weighted by atomic mass is 9.76. The van der Waals surface area contributed by atoms with Crippen molar-refractivity contribution >= 4 is 0 Å². The highest BCUT2D eigenvalue weighted by molar-refractivity contribution is 5.53. The SMILES string of the molecule is OC(c1cn(C(c2ccccc2)(c2ccccc2)c2ccccc2)cn1)c1cccc2c1C1(CC2)CC1. The van der Waals surface area contributed by atoms with Gasteiger partial charge in [0.25, 0.3) is 0 Å². The topological polar surface area (TPSA) is 38.0 Å². The van der Waals surface area contributed by atoms with E-state index in [0.29, 0.717) is 5.69 Å². The van der Waals surface area contributed by atoms with Crippen LogP contribution >= 0.6 is 0 Å². The summed E-state index contributed by atoms with van der Waals surface area (Å²) in [5, 5.41) is 11.7. The Kier molecular flexibility index (Phi) is 5.16. The largest absolute Gasteiger partial charge is 0.382 e. The molecule has 3 nitrogen and oxygen atoms in total. The van der Waals surface area contributed by atoms with Gasteiger partial charge in [-0.1, -0.05) is 109 Å². The third kappa shape index (κ3) is 3.42. The summed E-state index contributed by atoms with van der Waals surface area (Å²) in [6.45, 7) is 0. The molecule has 182 valence electrons. The highest BCUT2D eigenvalue weighted by Crippen LogP contribution is 2.58. The minimum absolute atomic E-state index is 0.289. The lowest BCUT2D eigenvalue weighted by Crippen LogP contribution is -2.37. The second-order valence-electron chi connectivity index (χ2n) is 10.6. The molecule has 0 amide bonds. The van der Waals surface area contributed by atoms with Gasteiger partial charge < -0.3 is 9.67 Å². The summed E-state index contributed by atoms with van der Waals surface area (Å²) in [5.74, 6) is 0. The van der Waals surface area contributed by atoms with Gasteiger partial charge in [-0.2, -0.15) is 0 Å². The Morgan fingerprint density at radius 3 is 1.81 bits per heavy atom. The Balaban J connectivity index is 1.41. The number of rotatable bonds is 6. The van der Waals surface area contributed by atoms with Crippen molar-refractivity contribution in [2.45, 2.75) is 42.7 Å². The zero-order valence-corrected chi connectivity index (χ0v) is 20.8. The Bertz CT molecular complexity index is 1440. The normalized spacial score (nSPS) is 16.5. The first-order chi connectivity index (χ1) is 18.2. The lowest BCUT2D eigenvalue weighted by Gasteiger charge is -2.37. The molecule has 1 N–H and O–H groups in total. The maximum Gasteiger partial charge on any atom is 0.123 e. The molecule has 2 aliphatic carbocycles. The number of aliphatic hydroxyl groups is 1. The number of aromatic nitrogens is 2. The number of benzene rings is 4. The zero-order valence-electron chi connectivity index (χ0n) is 20.8. The van der Waals surface area contributed by atoms with E-state index >= 15 is 0 Å². The first-order valence-corrected chi connectivity index (χ1v) is 13.2. The summed E-state index contributed by atoms with van der Waals surface area (Å²) in [4.78, 5) is 4.84. The standard InChI is InChI=1S/C34H30N2O/c37-32(29-18-10-11-25-19-20-33(21-22-33)31(25)29)30-23-36(24-35-30)34(26-12-4-1-5-13-26,27-14-6-2-7-15-27)28-16-8-3-9-17-28/h1-18,23-24,32,37H,19-22H2. The molecular formula is C34H30N2O. The molecule has 0 radical (unpaired) electrons. The highest BCUT2D eigenvalue weighted by Gasteiger charge is 2.50. The molecule has 7 rings (SSSR count). The van der Waals surface area contributed by atoms with Gasteiger partial charge in [-0.3, -0.25) is 0 Å². The average molecular weight is 483 g/mol. The van der Waals surface area contributed by atoms with E-state index in [4.69, 9.17) is 4.98 Å². The van der Waals surface area contributed by atoms with Gasteiger partial charge in [0.15, 0.2) is 0 Å². The van der Waals surface area contributed by atoms with Gasteiger partial charge in [0.05, 0.1) is 12.0 Å². The van der Waals surface area contributed by atoms with Gasteiger partial charge in [-0.25, -0.2) is 4.98 Å². The van der Waals surface area contributed by atoms with E-state index < -0.39 is 11.6 Å². The van der Waals surface area contributed by atoms with Crippen LogP contribution in [0.2, 0.25) is 0 Å². The molecule has 3 heteroatoms. The molecule has 1 atom stereocenters. The number of hydrogen-bond acceptors (Lipinski definition) is 2. The summed E-state index contributed by atoms with van der Waals surface area (Å²) < 4.78 is 2.18. The summed E-state index contributed by atoms with van der Waals surface area (Å²) in [6.07, 6.45) is 7.97. The average Bonchev–Trinajstić information content (AvgIpc) is 3.41. The molecule has 0 saturated heterocycles. The molecule has 0 bridgehead atoms. The van der Waals surface area contributed by atoms with Crippen LogP contribution in [0, 0.1) is 0 Å². The minimum Gasteiger partial charge on any atom is -0.382 e. The van der Waals surface area contributed by atoms with Crippen LogP contribution in [0.5, 0.6) is 0 Å². The second kappa shape index (κ2) is 8.57. The van der Waals surface area contributed by atoms with E-state index in [1.165, 1.54) is 30.4 Å². The molecule has 0 aliphatic heterocycles. The minimum atomic E-state index is -0.758. The summed E-state index contributed by atoms with van der Waals surface area (Å²) in [6, 6.07) is 38.2. The van der Waals surface area contributed by atoms with Crippen LogP contribution in [0.25, 0.3) is 0 Å². The molecule has 2 aliphatic rings. The summed E-state index contributed by atoms with van der Waals surface area (Å²) in [7, 11) is 0. The van der Waals surface area contributed by atoms with Crippen molar-refractivity contribution < 1.29 is 5.11 Å². The van der Waals surface area contributed by atoms with E-state index in [1.807, 2.05) is 12.5 Å². The number of hydrogen-bond donors (Lipinski definition) is 1. The van der Waals surface area contributed by atoms with Crippen LogP contribution in [0.4, 0.5) is 0 Å². The van der Waals surface area contributed by atoms with Crippen molar-refractivity contribution in [3.63, 3.8) is 0 Å². The molecule has 37 heavy (non-hydrogen) atoms. The quantitative estimate of drug-likeness (QED) is 0.271. The van der Waals surface area contributed by atoms with Gasteiger partial charge in [0.2, 0.25) is 0 Å². The van der Waals surface area contributed by atoms with Crippen LogP contribution in [-0.2, 0) is 17.4 Å². The van der Waals surface area contributed by atoms with Crippen molar-refractivity contribution in [2.75, 3.05) is 0 Å². The maximum atomic E-state index is 11.7. The van der Waals surface area contributed by atoms with Crippen LogP contribution < -0.4 is 0 Å². The van der Waals surface area contributed by atoms with Crippen LogP contribution in [0.3, 0.4) is 0 Å². The van der Waals surface area contributed by atoms with Gasteiger partial charge in [-0.05, 0) is 64.5 Å². The first-order valence-electron chi connectivity index (χ1n) is 13.2. The fraction of sp³-hybridized carbons (Fsp3) is 0.206. The molecule has 1 heterocycles. The molecule has 1 aromatic heterocycles. The molecule has 5 aromatic rings. The van der Waals surface area contributed by atoms with Gasteiger partial charge >= 0.3 is 0 Å². The Morgan fingerprint density at radius 2 is 1.27 bits per heavy atom. The molecule has 1 spiro atoms. The summed E-state index contributed by atoms with van der Waals surface area (Å²) >= 11 is 0. The Hall–Kier alpha value is -3.95. The highest BCUT2D eigenvalue weighted by atomic mass is 16.3. The van der Waals surface area contributed by atoms with Crippen LogP contribution in [0.15, 0.2) is 122 Å². The number of aliphatic hydroxyl groups excluding tert-OH is 1. The Morgan fingerprint density at radius 1 is 0.703 bits per heavy atom. The second-order valence-corrected chi connectivity index (χ2v) is 10.6. The predicted octanol–water partition coefficient (Wildman–Crippen LogP) is 6.78. The fourth-order valence-corrected chi connectivity index (χ4v) is 6.66. The van der Waals surface area contributed by atoms with E-state index in [-0.39, 0.29) is 5.41 Å². The van der Waals surface area contributed by atoms with Crippen LogP contribution in [-0.4, -0.2) is 14.7 Å². The van der Waals surface area contributed by atoms with Crippen LogP contribution in [0.1, 0.15) is 64.4 Å². The molecule has 1 unspecified atom stereocenters. The van der Waals surface area contributed by atoms with Crippen molar-refractivity contribution in [3.8, 4) is 0 Å². The van der Waals surface area contributed by atoms with Crippen molar-refractivity contribution in [1.82, 2.24) is 9.55 Å². The smallest absolute Gasteiger partial charge is 0.123 e. The molecule has 1 fully saturated rings. The summed E-state index contributed by atoms with van der Waals surface area (Å²) in [5.41, 5.74) is 7.58. The number of nitrogens with zero attached hydrogens (tertiary/aromatic N) is 2. The van der Waals surface area contributed by atoms with Gasteiger partial charge in [0, 0.05) is 6.20 Å². The molecule has 4 aromatic carbocycles. The fourth-order valence-electron chi connectivity index (χ4n) is 6.66. The number of imidazole rings is 1. The van der Waals surface area contributed by atoms with Gasteiger partial charge in [-0.15, -0.1) is 0 Å². The predicted molar refractivity (Wildman–Crippen MR) is 147 cm³/mol. The third-order valence-corrected chi connectivity index (χ3v) is 8.58. The number of aryl methyl sites for hydroxylation is 1. The van der Waals surface area contributed by atoms with E-state index in [2.05, 4.69) is 114 Å². The van der Waals surface area contributed by atoms with Crippen molar-refractivity contribution in [2.24, 2.45) is 0 Å². The molecular weight excluding hydrogens is 452 g/mol. The van der Waals surface area contributed by atoms with Crippen molar-refractivity contribution in [1.29, 1.82) is 0 Å². The third-order valence-electron chi connectivity index (χ3n) is 8.58. The zero-order chi connectivity index (χ0) is 24.9. The van der Waals surface area contributed by atoms with E-state index in [0.717, 1.165) is 28.7 Å². The number of fused-ring (bicyclic) bond motifs is 2. The maximum absolute atomic E-state index is 11.7. The van der Waals surface area contributed by atoms with Crippen molar-refractivity contribution in [3.05, 3.63) is 161 Å². The molecule has 1 saturated carbocycles.